The van der Waals surface area contributed by atoms with Crippen LogP contribution in [-0.2, 0) is 0 Å². The van der Waals surface area contributed by atoms with E-state index in [2.05, 4.69) is 15.9 Å². The Morgan fingerprint density at radius 3 is 2.50 bits per heavy atom. The number of methoxy groups -OCH3 is 1. The molecule has 0 aliphatic carbocycles. The Hall–Kier alpha value is -1.75. The highest BCUT2D eigenvalue weighted by Gasteiger charge is 2.11. The van der Waals surface area contributed by atoms with E-state index in [-0.39, 0.29) is 11.4 Å². The summed E-state index contributed by atoms with van der Waals surface area (Å²) in [5.74, 6) is 0.513. The van der Waals surface area contributed by atoms with Gasteiger partial charge in [-0.15, -0.1) is 0 Å². The molecule has 3 nitrogen and oxygen atoms in total. The summed E-state index contributed by atoms with van der Waals surface area (Å²) in [7, 11) is 1.39. The Labute approximate surface area is 112 Å². The zero-order valence-electron chi connectivity index (χ0n) is 9.61. The molecule has 0 bridgehead atoms. The van der Waals surface area contributed by atoms with Gasteiger partial charge in [0, 0.05) is 12.1 Å². The summed E-state index contributed by atoms with van der Waals surface area (Å²) in [5, 5.41) is 0. The summed E-state index contributed by atoms with van der Waals surface area (Å²) in [6, 6.07) is 9.91. The van der Waals surface area contributed by atoms with Crippen molar-refractivity contribution >= 4 is 21.6 Å². The Morgan fingerprint density at radius 1 is 1.11 bits per heavy atom. The van der Waals surface area contributed by atoms with Gasteiger partial charge >= 0.3 is 0 Å². The van der Waals surface area contributed by atoms with Gasteiger partial charge in [-0.1, -0.05) is 12.1 Å². The van der Waals surface area contributed by atoms with Crippen LogP contribution < -0.4 is 15.2 Å². The first-order chi connectivity index (χ1) is 8.61. The zero-order chi connectivity index (χ0) is 13.1. The fraction of sp³-hybridized carbons (Fsp3) is 0.0769. The molecule has 0 aliphatic heterocycles. The Balaban J connectivity index is 2.38. The molecule has 0 spiro atoms. The molecule has 94 valence electrons. The van der Waals surface area contributed by atoms with Crippen molar-refractivity contribution < 1.29 is 13.9 Å². The van der Waals surface area contributed by atoms with Crippen molar-refractivity contribution in [2.75, 3.05) is 12.8 Å². The van der Waals surface area contributed by atoms with E-state index < -0.39 is 5.82 Å². The van der Waals surface area contributed by atoms with Crippen molar-refractivity contribution in [2.24, 2.45) is 0 Å². The van der Waals surface area contributed by atoms with Gasteiger partial charge in [0.25, 0.3) is 0 Å². The third-order valence-electron chi connectivity index (χ3n) is 2.34. The van der Waals surface area contributed by atoms with Crippen molar-refractivity contribution in [1.29, 1.82) is 0 Å². The first-order valence-electron chi connectivity index (χ1n) is 5.17. The van der Waals surface area contributed by atoms with Crippen LogP contribution in [0.5, 0.6) is 17.2 Å². The molecule has 2 rings (SSSR count). The molecule has 0 aliphatic rings. The van der Waals surface area contributed by atoms with Gasteiger partial charge in [0.15, 0.2) is 17.3 Å². The third-order valence-corrected chi connectivity index (χ3v) is 3.00. The summed E-state index contributed by atoms with van der Waals surface area (Å²) in [5.41, 5.74) is 5.92. The second-order valence-corrected chi connectivity index (χ2v) is 4.41. The largest absolute Gasteiger partial charge is 0.494 e. The van der Waals surface area contributed by atoms with E-state index in [1.54, 1.807) is 6.07 Å². The molecule has 2 N–H and O–H groups in total. The molecular formula is C13H11BrFNO2. The Morgan fingerprint density at radius 2 is 1.83 bits per heavy atom. The van der Waals surface area contributed by atoms with Crippen LogP contribution in [-0.4, -0.2) is 7.11 Å². The van der Waals surface area contributed by atoms with Gasteiger partial charge in [-0.2, -0.15) is 0 Å². The monoisotopic (exact) mass is 311 g/mol. The number of ether oxygens (including phenoxy) is 2. The highest BCUT2D eigenvalue weighted by molar-refractivity contribution is 9.10. The van der Waals surface area contributed by atoms with Crippen molar-refractivity contribution in [2.45, 2.75) is 0 Å². The van der Waals surface area contributed by atoms with E-state index in [1.165, 1.54) is 19.2 Å². The fourth-order valence-corrected chi connectivity index (χ4v) is 1.81. The summed E-state index contributed by atoms with van der Waals surface area (Å²) in [4.78, 5) is 0. The fourth-order valence-electron chi connectivity index (χ4n) is 1.44. The molecule has 2 aromatic rings. The lowest BCUT2D eigenvalue weighted by atomic mass is 10.2. The minimum atomic E-state index is -0.519. The Bertz CT molecular complexity index is 575. The number of nitrogen functional groups attached to an aromatic ring is 1. The Kier molecular flexibility index (Phi) is 3.72. The summed E-state index contributed by atoms with van der Waals surface area (Å²) >= 11 is 3.36. The summed E-state index contributed by atoms with van der Waals surface area (Å²) in [6.45, 7) is 0. The predicted octanol–water partition coefficient (Wildman–Crippen LogP) is 3.97. The lowest BCUT2D eigenvalue weighted by Crippen LogP contribution is -1.96. The van der Waals surface area contributed by atoms with Crippen LogP contribution >= 0.6 is 15.9 Å². The molecule has 18 heavy (non-hydrogen) atoms. The van der Waals surface area contributed by atoms with Gasteiger partial charge in [-0.25, -0.2) is 4.39 Å². The van der Waals surface area contributed by atoms with Gasteiger partial charge in [-0.3, -0.25) is 0 Å². The number of hydrogen-bond acceptors (Lipinski definition) is 3. The molecule has 0 atom stereocenters. The van der Waals surface area contributed by atoms with Crippen LogP contribution in [0.15, 0.2) is 40.9 Å². The highest BCUT2D eigenvalue weighted by atomic mass is 79.9. The first-order valence-corrected chi connectivity index (χ1v) is 5.96. The maximum absolute atomic E-state index is 13.4. The molecule has 0 radical (unpaired) electrons. The topological polar surface area (TPSA) is 44.5 Å². The molecular weight excluding hydrogens is 301 g/mol. The maximum Gasteiger partial charge on any atom is 0.167 e. The second kappa shape index (κ2) is 5.27. The zero-order valence-corrected chi connectivity index (χ0v) is 11.2. The van der Waals surface area contributed by atoms with E-state index in [4.69, 9.17) is 15.2 Å². The van der Waals surface area contributed by atoms with Crippen molar-refractivity contribution in [3.05, 3.63) is 46.7 Å². The van der Waals surface area contributed by atoms with E-state index >= 15 is 0 Å². The van der Waals surface area contributed by atoms with Crippen molar-refractivity contribution in [1.82, 2.24) is 0 Å². The summed E-state index contributed by atoms with van der Waals surface area (Å²) < 4.78 is 24.7. The lowest BCUT2D eigenvalue weighted by Gasteiger charge is -2.11. The molecule has 0 fully saturated rings. The minimum Gasteiger partial charge on any atom is -0.494 e. The van der Waals surface area contributed by atoms with Crippen LogP contribution in [0.4, 0.5) is 10.1 Å². The van der Waals surface area contributed by atoms with Crippen molar-refractivity contribution in [3.8, 4) is 17.2 Å². The van der Waals surface area contributed by atoms with E-state index in [9.17, 15) is 4.39 Å². The maximum atomic E-state index is 13.4. The predicted molar refractivity (Wildman–Crippen MR) is 71.6 cm³/mol. The van der Waals surface area contributed by atoms with Crippen LogP contribution in [0, 0.1) is 5.82 Å². The lowest BCUT2D eigenvalue weighted by molar-refractivity contribution is 0.382. The van der Waals surface area contributed by atoms with E-state index in [0.717, 1.165) is 4.47 Å². The molecule has 0 heterocycles. The SMILES string of the molecule is COc1cc(Oc2ccccc2Br)c(N)cc1F. The molecule has 0 aromatic heterocycles. The van der Waals surface area contributed by atoms with Gasteiger partial charge in [-0.05, 0) is 28.1 Å². The molecule has 0 unspecified atom stereocenters. The van der Waals surface area contributed by atoms with E-state index in [1.807, 2.05) is 18.2 Å². The summed E-state index contributed by atoms with van der Waals surface area (Å²) in [6.07, 6.45) is 0. The highest BCUT2D eigenvalue weighted by Crippen LogP contribution is 2.35. The minimum absolute atomic E-state index is 0.0891. The van der Waals surface area contributed by atoms with Crippen LogP contribution in [0.2, 0.25) is 0 Å². The molecule has 0 saturated carbocycles. The third kappa shape index (κ3) is 2.56. The first kappa shape index (κ1) is 12.7. The smallest absolute Gasteiger partial charge is 0.167 e. The van der Waals surface area contributed by atoms with Crippen LogP contribution in [0.1, 0.15) is 0 Å². The molecule has 0 saturated heterocycles. The second-order valence-electron chi connectivity index (χ2n) is 3.56. The van der Waals surface area contributed by atoms with Crippen LogP contribution in [0.25, 0.3) is 0 Å². The average molecular weight is 312 g/mol. The quantitative estimate of drug-likeness (QED) is 0.872. The normalized spacial score (nSPS) is 10.2. The number of para-hydroxylation sites is 1. The van der Waals surface area contributed by atoms with Gasteiger partial charge in [0.2, 0.25) is 0 Å². The van der Waals surface area contributed by atoms with Crippen molar-refractivity contribution in [3.63, 3.8) is 0 Å². The number of hydrogen-bond donors (Lipinski definition) is 1. The van der Waals surface area contributed by atoms with E-state index in [0.29, 0.717) is 11.5 Å². The van der Waals surface area contributed by atoms with Gasteiger partial charge in [0.1, 0.15) is 5.75 Å². The number of nitrogens with two attached hydrogens (primary N) is 1. The average Bonchev–Trinajstić information content (AvgIpc) is 2.35. The molecule has 5 heteroatoms. The number of rotatable bonds is 3. The molecule has 2 aromatic carbocycles. The number of benzene rings is 2. The standard InChI is InChI=1S/C13H11BrFNO2/c1-17-12-7-13(10(16)6-9(12)15)18-11-5-3-2-4-8(11)14/h2-7H,16H2,1H3. The molecule has 0 amide bonds. The van der Waals surface area contributed by atoms with Gasteiger partial charge < -0.3 is 15.2 Å². The van der Waals surface area contributed by atoms with Gasteiger partial charge in [0.05, 0.1) is 17.3 Å². The number of anilines is 1. The van der Waals surface area contributed by atoms with Crippen LogP contribution in [0.3, 0.4) is 0 Å². The number of halogens is 2.